The Morgan fingerprint density at radius 2 is 1.97 bits per heavy atom. The molecular formula is C21H28ClN5OS. The van der Waals surface area contributed by atoms with Gasteiger partial charge in [0.25, 0.3) is 0 Å². The number of aromatic nitrogens is 1. The molecule has 1 N–H and O–H groups in total. The van der Waals surface area contributed by atoms with Gasteiger partial charge in [0.1, 0.15) is 0 Å². The van der Waals surface area contributed by atoms with Gasteiger partial charge in [-0.3, -0.25) is 9.79 Å². The van der Waals surface area contributed by atoms with Crippen molar-refractivity contribution in [2.75, 3.05) is 39.8 Å². The van der Waals surface area contributed by atoms with Gasteiger partial charge in [0.05, 0.1) is 17.1 Å². The highest BCUT2D eigenvalue weighted by molar-refractivity contribution is 7.11. The highest BCUT2D eigenvalue weighted by atomic mass is 35.5. The zero-order valence-corrected chi connectivity index (χ0v) is 18.8. The van der Waals surface area contributed by atoms with E-state index in [0.29, 0.717) is 24.5 Å². The minimum Gasteiger partial charge on any atom is -0.356 e. The van der Waals surface area contributed by atoms with Crippen molar-refractivity contribution in [3.05, 3.63) is 50.4 Å². The van der Waals surface area contributed by atoms with Crippen LogP contribution in [0.15, 0.2) is 29.3 Å². The van der Waals surface area contributed by atoms with Crippen LogP contribution < -0.4 is 5.32 Å². The number of hydrogen-bond donors (Lipinski definition) is 1. The fraction of sp³-hybridized carbons (Fsp3) is 0.476. The minimum absolute atomic E-state index is 0.144. The minimum atomic E-state index is 0.144. The molecule has 1 aromatic heterocycles. The molecule has 8 heteroatoms. The van der Waals surface area contributed by atoms with E-state index in [2.05, 4.69) is 27.1 Å². The molecular weight excluding hydrogens is 406 g/mol. The van der Waals surface area contributed by atoms with E-state index in [-0.39, 0.29) is 5.91 Å². The first kappa shape index (κ1) is 21.6. The molecule has 1 fully saturated rings. The second kappa shape index (κ2) is 10.1. The lowest BCUT2D eigenvalue weighted by molar-refractivity contribution is -0.131. The normalized spacial score (nSPS) is 15.0. The predicted octanol–water partition coefficient (Wildman–Crippen LogP) is 2.92. The van der Waals surface area contributed by atoms with E-state index in [1.54, 1.807) is 18.4 Å². The van der Waals surface area contributed by atoms with E-state index < -0.39 is 0 Å². The molecule has 6 nitrogen and oxygen atoms in total. The van der Waals surface area contributed by atoms with Crippen LogP contribution in [0.25, 0.3) is 0 Å². The third-order valence-electron chi connectivity index (χ3n) is 5.02. The van der Waals surface area contributed by atoms with E-state index in [0.717, 1.165) is 48.3 Å². The van der Waals surface area contributed by atoms with Crippen LogP contribution in [0.4, 0.5) is 0 Å². The fourth-order valence-corrected chi connectivity index (χ4v) is 4.68. The molecule has 2 aromatic rings. The van der Waals surface area contributed by atoms with Gasteiger partial charge >= 0.3 is 0 Å². The van der Waals surface area contributed by atoms with Gasteiger partial charge in [0.15, 0.2) is 5.96 Å². The van der Waals surface area contributed by atoms with Crippen LogP contribution in [0, 0.1) is 13.8 Å². The van der Waals surface area contributed by atoms with Gasteiger partial charge in [-0.1, -0.05) is 23.7 Å². The molecule has 1 aliphatic rings. The summed E-state index contributed by atoms with van der Waals surface area (Å²) in [5.74, 6) is 1.04. The van der Waals surface area contributed by atoms with Crippen molar-refractivity contribution >= 4 is 34.8 Å². The second-order valence-corrected chi connectivity index (χ2v) is 8.86. The van der Waals surface area contributed by atoms with Crippen LogP contribution in [0.1, 0.15) is 21.1 Å². The molecule has 0 atom stereocenters. The zero-order chi connectivity index (χ0) is 20.8. The lowest BCUT2D eigenvalue weighted by Gasteiger charge is -2.36. The molecule has 0 unspecified atom stereocenters. The number of thiazole rings is 1. The average Bonchev–Trinajstić information content (AvgIpc) is 3.02. The first-order chi connectivity index (χ1) is 14.0. The van der Waals surface area contributed by atoms with Crippen molar-refractivity contribution in [3.8, 4) is 0 Å². The number of rotatable bonds is 5. The van der Waals surface area contributed by atoms with Gasteiger partial charge in [-0.2, -0.15) is 0 Å². The Labute approximate surface area is 181 Å². The molecule has 0 radical (unpaired) electrons. The summed E-state index contributed by atoms with van der Waals surface area (Å²) in [6.07, 6.45) is 1.33. The van der Waals surface area contributed by atoms with E-state index >= 15 is 0 Å². The summed E-state index contributed by atoms with van der Waals surface area (Å²) >= 11 is 7.78. The third kappa shape index (κ3) is 5.93. The molecule has 0 bridgehead atoms. The van der Waals surface area contributed by atoms with Crippen molar-refractivity contribution in [1.29, 1.82) is 0 Å². The second-order valence-electron chi connectivity index (χ2n) is 7.14. The largest absolute Gasteiger partial charge is 0.356 e. The SMILES string of the molecule is CN=C(NCCc1sc(C)nc1C)N1CCN(C(=O)Cc2cccc(Cl)c2)CC1. The van der Waals surface area contributed by atoms with Crippen molar-refractivity contribution in [1.82, 2.24) is 20.1 Å². The number of aliphatic imine (C=N–C) groups is 1. The molecule has 1 aliphatic heterocycles. The molecule has 3 rings (SSSR count). The maximum atomic E-state index is 12.6. The number of amides is 1. The van der Waals surface area contributed by atoms with Crippen molar-refractivity contribution < 1.29 is 4.79 Å². The van der Waals surface area contributed by atoms with Crippen LogP contribution in [-0.4, -0.2) is 66.4 Å². The molecule has 0 saturated carbocycles. The maximum Gasteiger partial charge on any atom is 0.227 e. The maximum absolute atomic E-state index is 12.6. The van der Waals surface area contributed by atoms with Gasteiger partial charge in [0.2, 0.25) is 5.91 Å². The summed E-state index contributed by atoms with van der Waals surface area (Å²) in [4.78, 5) is 27.0. The van der Waals surface area contributed by atoms with Gasteiger partial charge in [-0.15, -0.1) is 11.3 Å². The first-order valence-corrected chi connectivity index (χ1v) is 11.1. The number of guanidine groups is 1. The van der Waals surface area contributed by atoms with E-state index in [1.165, 1.54) is 4.88 Å². The number of hydrogen-bond acceptors (Lipinski definition) is 4. The monoisotopic (exact) mass is 433 g/mol. The fourth-order valence-electron chi connectivity index (χ4n) is 3.53. The number of carbonyl (C=O) groups excluding carboxylic acids is 1. The van der Waals surface area contributed by atoms with Gasteiger partial charge in [-0.25, -0.2) is 4.98 Å². The Bertz CT molecular complexity index is 874. The van der Waals surface area contributed by atoms with Crippen molar-refractivity contribution in [3.63, 3.8) is 0 Å². The standard InChI is InChI=1S/C21H28ClN5OS/c1-15-19(29-16(2)25-15)7-8-24-21(23-3)27-11-9-26(10-12-27)20(28)14-17-5-4-6-18(22)13-17/h4-6,13H,7-12,14H2,1-3H3,(H,23,24). The van der Waals surface area contributed by atoms with Crippen molar-refractivity contribution in [2.45, 2.75) is 26.7 Å². The number of aryl methyl sites for hydroxylation is 2. The summed E-state index contributed by atoms with van der Waals surface area (Å²) in [6, 6.07) is 7.50. The first-order valence-electron chi connectivity index (χ1n) is 9.87. The number of piperazine rings is 1. The van der Waals surface area contributed by atoms with Crippen molar-refractivity contribution in [2.24, 2.45) is 4.99 Å². The number of nitrogens with one attached hydrogen (secondary N) is 1. The van der Waals surface area contributed by atoms with Crippen LogP contribution in [0.2, 0.25) is 5.02 Å². The zero-order valence-electron chi connectivity index (χ0n) is 17.2. The van der Waals surface area contributed by atoms with Crippen LogP contribution in [0.5, 0.6) is 0 Å². The lowest BCUT2D eigenvalue weighted by Crippen LogP contribution is -2.54. The molecule has 156 valence electrons. The summed E-state index contributed by atoms with van der Waals surface area (Å²) < 4.78 is 0. The van der Waals surface area contributed by atoms with Crippen LogP contribution >= 0.6 is 22.9 Å². The molecule has 2 heterocycles. The predicted molar refractivity (Wildman–Crippen MR) is 120 cm³/mol. The molecule has 1 aromatic carbocycles. The van der Waals surface area contributed by atoms with E-state index in [4.69, 9.17) is 11.6 Å². The van der Waals surface area contributed by atoms with Crippen LogP contribution in [0.3, 0.4) is 0 Å². The molecule has 29 heavy (non-hydrogen) atoms. The lowest BCUT2D eigenvalue weighted by atomic mass is 10.1. The Morgan fingerprint density at radius 1 is 1.24 bits per heavy atom. The Kier molecular flexibility index (Phi) is 7.50. The van der Waals surface area contributed by atoms with Gasteiger partial charge < -0.3 is 15.1 Å². The summed E-state index contributed by atoms with van der Waals surface area (Å²) in [5.41, 5.74) is 2.08. The molecule has 0 spiro atoms. The molecule has 1 amide bonds. The number of nitrogens with zero attached hydrogens (tertiary/aromatic N) is 4. The number of halogens is 1. The average molecular weight is 434 g/mol. The summed E-state index contributed by atoms with van der Waals surface area (Å²) in [7, 11) is 1.81. The third-order valence-corrected chi connectivity index (χ3v) is 6.39. The van der Waals surface area contributed by atoms with Gasteiger partial charge in [-0.05, 0) is 31.5 Å². The summed E-state index contributed by atoms with van der Waals surface area (Å²) in [5, 5.41) is 5.23. The quantitative estimate of drug-likeness (QED) is 0.581. The number of carbonyl (C=O) groups is 1. The number of benzene rings is 1. The molecule has 1 saturated heterocycles. The van der Waals surface area contributed by atoms with Gasteiger partial charge in [0, 0.05) is 56.1 Å². The Hall–Kier alpha value is -2.12. The smallest absolute Gasteiger partial charge is 0.227 e. The highest BCUT2D eigenvalue weighted by Crippen LogP contribution is 2.17. The van der Waals surface area contributed by atoms with E-state index in [1.807, 2.05) is 36.1 Å². The Balaban J connectivity index is 1.45. The molecule has 0 aliphatic carbocycles. The van der Waals surface area contributed by atoms with E-state index in [9.17, 15) is 4.79 Å². The highest BCUT2D eigenvalue weighted by Gasteiger charge is 2.23. The Morgan fingerprint density at radius 3 is 2.59 bits per heavy atom. The van der Waals surface area contributed by atoms with Crippen LogP contribution in [-0.2, 0) is 17.6 Å². The topological polar surface area (TPSA) is 60.8 Å². The summed E-state index contributed by atoms with van der Waals surface area (Å²) in [6.45, 7) is 7.89.